The normalized spacial score (nSPS) is 11.4. The van der Waals surface area contributed by atoms with Crippen LogP contribution in [0.15, 0.2) is 102 Å². The Morgan fingerprint density at radius 3 is 2.45 bits per heavy atom. The number of hydrogen-bond acceptors (Lipinski definition) is 2. The van der Waals surface area contributed by atoms with E-state index in [1.807, 2.05) is 24.3 Å². The van der Waals surface area contributed by atoms with Gasteiger partial charge >= 0.3 is 0 Å². The first-order chi connectivity index (χ1) is 16.2. The molecule has 1 heterocycles. The summed E-state index contributed by atoms with van der Waals surface area (Å²) in [5.74, 6) is -0.574. The fourth-order valence-corrected chi connectivity index (χ4v) is 4.04. The topological polar surface area (TPSA) is 46.4 Å². The second-order valence-electron chi connectivity index (χ2n) is 8.01. The molecule has 5 rings (SSSR count). The predicted molar refractivity (Wildman–Crippen MR) is 131 cm³/mol. The summed E-state index contributed by atoms with van der Waals surface area (Å²) in [7, 11) is 0. The SMILES string of the molecule is O=C(Cc1ccc(F)cc1)N/N=C/c1cn(Cc2ccc3ccccc3c2)c2ccccc12. The molecule has 162 valence electrons. The van der Waals surface area contributed by atoms with Gasteiger partial charge in [0.25, 0.3) is 0 Å². The number of nitrogens with zero attached hydrogens (tertiary/aromatic N) is 2. The van der Waals surface area contributed by atoms with Crippen molar-refractivity contribution in [2.45, 2.75) is 13.0 Å². The third-order valence-electron chi connectivity index (χ3n) is 5.66. The predicted octanol–water partition coefficient (Wildman–Crippen LogP) is 5.67. The minimum absolute atomic E-state index is 0.140. The monoisotopic (exact) mass is 435 g/mol. The van der Waals surface area contributed by atoms with Gasteiger partial charge in [-0.05, 0) is 46.2 Å². The van der Waals surface area contributed by atoms with Crippen molar-refractivity contribution in [3.05, 3.63) is 120 Å². The van der Waals surface area contributed by atoms with Gasteiger partial charge in [-0.25, -0.2) is 9.82 Å². The van der Waals surface area contributed by atoms with Crippen LogP contribution in [0.25, 0.3) is 21.7 Å². The van der Waals surface area contributed by atoms with Crippen molar-refractivity contribution >= 4 is 33.8 Å². The first-order valence-corrected chi connectivity index (χ1v) is 10.8. The lowest BCUT2D eigenvalue weighted by molar-refractivity contribution is -0.120. The third-order valence-corrected chi connectivity index (χ3v) is 5.66. The molecule has 0 aliphatic heterocycles. The van der Waals surface area contributed by atoms with Crippen LogP contribution in [0, 0.1) is 5.82 Å². The number of benzene rings is 4. The van der Waals surface area contributed by atoms with Gasteiger partial charge in [-0.3, -0.25) is 4.79 Å². The number of halogens is 1. The molecule has 0 atom stereocenters. The Labute approximate surface area is 191 Å². The van der Waals surface area contributed by atoms with E-state index in [4.69, 9.17) is 0 Å². The summed E-state index contributed by atoms with van der Waals surface area (Å²) in [5.41, 5.74) is 6.54. The van der Waals surface area contributed by atoms with E-state index >= 15 is 0 Å². The lowest BCUT2D eigenvalue weighted by Crippen LogP contribution is -2.19. The third kappa shape index (κ3) is 4.67. The Balaban J connectivity index is 1.34. The van der Waals surface area contributed by atoms with Gasteiger partial charge in [0.05, 0.1) is 12.6 Å². The number of para-hydroxylation sites is 1. The number of rotatable bonds is 6. The van der Waals surface area contributed by atoms with Gasteiger partial charge in [0.15, 0.2) is 0 Å². The zero-order valence-corrected chi connectivity index (χ0v) is 17.9. The highest BCUT2D eigenvalue weighted by Crippen LogP contribution is 2.23. The smallest absolute Gasteiger partial charge is 0.244 e. The van der Waals surface area contributed by atoms with Gasteiger partial charge in [0.2, 0.25) is 5.91 Å². The van der Waals surface area contributed by atoms with Gasteiger partial charge in [-0.1, -0.05) is 66.7 Å². The van der Waals surface area contributed by atoms with Crippen LogP contribution in [-0.4, -0.2) is 16.7 Å². The molecule has 1 aromatic heterocycles. The summed E-state index contributed by atoms with van der Waals surface area (Å²) in [6.45, 7) is 0.732. The van der Waals surface area contributed by atoms with E-state index in [-0.39, 0.29) is 18.1 Å². The zero-order chi connectivity index (χ0) is 22.6. The molecule has 0 radical (unpaired) electrons. The number of aromatic nitrogens is 1. The molecule has 0 saturated heterocycles. The van der Waals surface area contributed by atoms with Crippen LogP contribution >= 0.6 is 0 Å². The number of nitrogens with one attached hydrogen (secondary N) is 1. The number of hydrogen-bond donors (Lipinski definition) is 1. The maximum absolute atomic E-state index is 13.0. The molecule has 4 nitrogen and oxygen atoms in total. The Morgan fingerprint density at radius 2 is 1.61 bits per heavy atom. The van der Waals surface area contributed by atoms with Gasteiger partial charge in [-0.15, -0.1) is 0 Å². The fourth-order valence-electron chi connectivity index (χ4n) is 4.04. The molecule has 1 amide bonds. The average molecular weight is 436 g/mol. The molecule has 5 heteroatoms. The van der Waals surface area contributed by atoms with Crippen LogP contribution in [0.4, 0.5) is 4.39 Å². The average Bonchev–Trinajstić information content (AvgIpc) is 3.18. The second-order valence-corrected chi connectivity index (χ2v) is 8.01. The van der Waals surface area contributed by atoms with Gasteiger partial charge in [0, 0.05) is 29.2 Å². The first kappa shape index (κ1) is 20.6. The molecule has 5 aromatic rings. The van der Waals surface area contributed by atoms with Crippen LogP contribution in [0.3, 0.4) is 0 Å². The van der Waals surface area contributed by atoms with Crippen LogP contribution in [0.1, 0.15) is 16.7 Å². The molecule has 0 bridgehead atoms. The highest BCUT2D eigenvalue weighted by Gasteiger charge is 2.08. The molecule has 0 aliphatic rings. The van der Waals surface area contributed by atoms with Crippen LogP contribution in [-0.2, 0) is 17.8 Å². The number of hydrazone groups is 1. The quantitative estimate of drug-likeness (QED) is 0.271. The number of amides is 1. The van der Waals surface area contributed by atoms with Crippen molar-refractivity contribution in [3.63, 3.8) is 0 Å². The number of carbonyl (C=O) groups is 1. The van der Waals surface area contributed by atoms with Crippen LogP contribution < -0.4 is 5.43 Å². The first-order valence-electron chi connectivity index (χ1n) is 10.8. The second kappa shape index (κ2) is 9.09. The van der Waals surface area contributed by atoms with E-state index in [1.54, 1.807) is 18.3 Å². The molecule has 0 unspecified atom stereocenters. The Morgan fingerprint density at radius 1 is 0.879 bits per heavy atom. The maximum atomic E-state index is 13.0. The Kier molecular flexibility index (Phi) is 5.68. The van der Waals surface area contributed by atoms with Gasteiger partial charge < -0.3 is 4.57 Å². The highest BCUT2D eigenvalue weighted by atomic mass is 19.1. The summed E-state index contributed by atoms with van der Waals surface area (Å²) in [6.07, 6.45) is 3.86. The summed E-state index contributed by atoms with van der Waals surface area (Å²) in [4.78, 5) is 12.2. The minimum Gasteiger partial charge on any atom is -0.342 e. The van der Waals surface area contributed by atoms with Crippen LogP contribution in [0.2, 0.25) is 0 Å². The van der Waals surface area contributed by atoms with Crippen molar-refractivity contribution < 1.29 is 9.18 Å². The molecular formula is C28H22FN3O. The molecule has 0 aliphatic carbocycles. The molecule has 4 aromatic carbocycles. The summed E-state index contributed by atoms with van der Waals surface area (Å²) >= 11 is 0. The summed E-state index contributed by atoms with van der Waals surface area (Å²) in [6, 6.07) is 28.9. The Bertz CT molecular complexity index is 1470. The maximum Gasteiger partial charge on any atom is 0.244 e. The van der Waals surface area contributed by atoms with Gasteiger partial charge in [0.1, 0.15) is 5.82 Å². The minimum atomic E-state index is -0.322. The lowest BCUT2D eigenvalue weighted by atomic mass is 10.1. The zero-order valence-electron chi connectivity index (χ0n) is 17.9. The van der Waals surface area contributed by atoms with Crippen molar-refractivity contribution in [3.8, 4) is 0 Å². The van der Waals surface area contributed by atoms with Crippen LogP contribution in [0.5, 0.6) is 0 Å². The van der Waals surface area contributed by atoms with E-state index < -0.39 is 0 Å². The summed E-state index contributed by atoms with van der Waals surface area (Å²) in [5, 5.41) is 7.66. The van der Waals surface area contributed by atoms with E-state index in [9.17, 15) is 9.18 Å². The van der Waals surface area contributed by atoms with Crippen molar-refractivity contribution in [1.29, 1.82) is 0 Å². The molecule has 1 N–H and O–H groups in total. The van der Waals surface area contributed by atoms with Crippen molar-refractivity contribution in [2.24, 2.45) is 5.10 Å². The molecule has 0 spiro atoms. The van der Waals surface area contributed by atoms with E-state index in [2.05, 4.69) is 63.8 Å². The molecular weight excluding hydrogens is 413 g/mol. The molecule has 0 fully saturated rings. The standard InChI is InChI=1S/C28H22FN3O/c29-25-13-10-20(11-14-25)16-28(33)31-30-17-24-19-32(27-8-4-3-7-26(24)27)18-21-9-12-22-5-1-2-6-23(22)15-21/h1-15,17,19H,16,18H2,(H,31,33)/b30-17+. The molecule has 33 heavy (non-hydrogen) atoms. The van der Waals surface area contributed by atoms with Crippen molar-refractivity contribution in [1.82, 2.24) is 9.99 Å². The largest absolute Gasteiger partial charge is 0.342 e. The van der Waals surface area contributed by atoms with E-state index in [0.29, 0.717) is 0 Å². The lowest BCUT2D eigenvalue weighted by Gasteiger charge is -2.07. The van der Waals surface area contributed by atoms with Gasteiger partial charge in [-0.2, -0.15) is 5.10 Å². The Hall–Kier alpha value is -4.25. The highest BCUT2D eigenvalue weighted by molar-refractivity contribution is 5.99. The fraction of sp³-hybridized carbons (Fsp3) is 0.0714. The van der Waals surface area contributed by atoms with E-state index in [1.165, 1.54) is 28.5 Å². The van der Waals surface area contributed by atoms with Crippen molar-refractivity contribution in [2.75, 3.05) is 0 Å². The number of fused-ring (bicyclic) bond motifs is 2. The summed E-state index contributed by atoms with van der Waals surface area (Å²) < 4.78 is 15.2. The van der Waals surface area contributed by atoms with E-state index in [0.717, 1.165) is 28.6 Å². The number of carbonyl (C=O) groups excluding carboxylic acids is 1. The molecule has 0 saturated carbocycles.